The Bertz CT molecular complexity index is 1650. The molecule has 0 saturated carbocycles. The van der Waals surface area contributed by atoms with E-state index in [-0.39, 0.29) is 10.8 Å². The molecule has 0 aromatic heterocycles. The first-order valence-electron chi connectivity index (χ1n) is 14.8. The Morgan fingerprint density at radius 1 is 0.595 bits per heavy atom. The van der Waals surface area contributed by atoms with Crippen molar-refractivity contribution in [2.75, 3.05) is 0 Å². The Labute approximate surface area is 276 Å². The van der Waals surface area contributed by atoms with Crippen molar-refractivity contribution in [3.8, 4) is 11.1 Å². The maximum atomic E-state index is 3.81. The van der Waals surface area contributed by atoms with Crippen LogP contribution in [0, 0.1) is 0 Å². The Morgan fingerprint density at radius 2 is 1.05 bits per heavy atom. The molecule has 0 spiro atoms. The van der Waals surface area contributed by atoms with Gasteiger partial charge in [-0.25, -0.2) is 0 Å². The molecule has 6 rings (SSSR count). The van der Waals surface area contributed by atoms with Crippen LogP contribution >= 0.6 is 31.9 Å². The molecular weight excluding hydrogens is 719 g/mol. The van der Waals surface area contributed by atoms with E-state index in [1.165, 1.54) is 44.5 Å². The van der Waals surface area contributed by atoms with E-state index in [1.54, 1.807) is 3.21 Å². The number of allylic oxidation sites excluding steroid dienone is 4. The summed E-state index contributed by atoms with van der Waals surface area (Å²) in [5.41, 5.74) is 11.6. The van der Waals surface area contributed by atoms with E-state index in [2.05, 4.69) is 183 Å². The third-order valence-corrected chi connectivity index (χ3v) is 18.3. The third kappa shape index (κ3) is 5.79. The molecule has 0 heterocycles. The summed E-state index contributed by atoms with van der Waals surface area (Å²) in [7, 11) is 0. The van der Waals surface area contributed by atoms with Crippen molar-refractivity contribution in [1.82, 2.24) is 0 Å². The van der Waals surface area contributed by atoms with Gasteiger partial charge in [-0.1, -0.05) is 0 Å². The zero-order chi connectivity index (χ0) is 29.8. The van der Waals surface area contributed by atoms with E-state index >= 15 is 0 Å². The van der Waals surface area contributed by atoms with Gasteiger partial charge in [0.1, 0.15) is 0 Å². The molecule has 2 aliphatic rings. The van der Waals surface area contributed by atoms with Crippen LogP contribution in [0.1, 0.15) is 78.5 Å². The van der Waals surface area contributed by atoms with Crippen LogP contribution in [0.3, 0.4) is 0 Å². The standard InChI is InChI=1S/C21H25.C13H8Br2.C5H5.Zr/c1-20(2,3)16-9-7-14-11-15-8-10-17(21(4,5)6)13-19(15)18(14)12-16;14-12-5-1-3-10(8-12)7-11-4-2-6-13(15)9-11;1-2-4-5-3-1;/h7-13H,1-6H3;1-6,8-9H;1-5H;. The molecule has 0 aliphatic heterocycles. The zero-order valence-electron chi connectivity index (χ0n) is 25.3. The van der Waals surface area contributed by atoms with Crippen LogP contribution in [-0.2, 0) is 32.1 Å². The number of fused-ring (bicyclic) bond motifs is 3. The van der Waals surface area contributed by atoms with Gasteiger partial charge >= 0.3 is 279 Å². The second-order valence-corrected chi connectivity index (χ2v) is 22.0. The van der Waals surface area contributed by atoms with E-state index in [4.69, 9.17) is 0 Å². The molecular formula is C39H38Br2Zr. The second kappa shape index (κ2) is 11.5. The first-order valence-corrected chi connectivity index (χ1v) is 20.5. The molecule has 0 fully saturated rings. The average molecular weight is 758 g/mol. The van der Waals surface area contributed by atoms with Gasteiger partial charge in [0.25, 0.3) is 0 Å². The first kappa shape index (κ1) is 30.1. The van der Waals surface area contributed by atoms with E-state index in [1.807, 2.05) is 0 Å². The average Bonchev–Trinajstić information content (AvgIpc) is 3.57. The summed E-state index contributed by atoms with van der Waals surface area (Å²) >= 11 is 4.94. The molecule has 0 N–H and O–H groups in total. The minimum atomic E-state index is -2.68. The molecule has 3 heteroatoms. The van der Waals surface area contributed by atoms with Crippen molar-refractivity contribution in [3.63, 3.8) is 0 Å². The third-order valence-electron chi connectivity index (χ3n) is 8.68. The summed E-state index contributed by atoms with van der Waals surface area (Å²) in [6, 6.07) is 32.8. The van der Waals surface area contributed by atoms with Gasteiger partial charge in [0.2, 0.25) is 0 Å². The van der Waals surface area contributed by atoms with Crippen molar-refractivity contribution in [1.29, 1.82) is 0 Å². The predicted octanol–water partition coefficient (Wildman–Crippen LogP) is 11.7. The summed E-state index contributed by atoms with van der Waals surface area (Å²) in [6.07, 6.45) is 9.50. The normalized spacial score (nSPS) is 14.8. The Balaban J connectivity index is 1.73. The van der Waals surface area contributed by atoms with Crippen LogP contribution in [0.5, 0.6) is 0 Å². The van der Waals surface area contributed by atoms with Crippen LogP contribution < -0.4 is 0 Å². The molecule has 2 aliphatic carbocycles. The summed E-state index contributed by atoms with van der Waals surface area (Å²) in [6.45, 7) is 14.0. The first-order chi connectivity index (χ1) is 19.9. The van der Waals surface area contributed by atoms with Crippen molar-refractivity contribution >= 4 is 35.1 Å². The van der Waals surface area contributed by atoms with Crippen molar-refractivity contribution in [2.24, 2.45) is 0 Å². The monoisotopic (exact) mass is 754 g/mol. The quantitative estimate of drug-likeness (QED) is 0.194. The van der Waals surface area contributed by atoms with Crippen molar-refractivity contribution < 1.29 is 21.3 Å². The molecule has 4 aromatic rings. The number of hydrogen-bond donors (Lipinski definition) is 0. The molecule has 0 radical (unpaired) electrons. The van der Waals surface area contributed by atoms with E-state index in [9.17, 15) is 0 Å². The second-order valence-electron chi connectivity index (χ2n) is 13.7. The Kier molecular flexibility index (Phi) is 8.27. The van der Waals surface area contributed by atoms with E-state index < -0.39 is 21.3 Å². The van der Waals surface area contributed by atoms with Gasteiger partial charge in [0.05, 0.1) is 0 Å². The van der Waals surface area contributed by atoms with Crippen molar-refractivity contribution in [3.05, 3.63) is 152 Å². The van der Waals surface area contributed by atoms with Gasteiger partial charge in [-0.15, -0.1) is 0 Å². The zero-order valence-corrected chi connectivity index (χ0v) is 30.9. The Hall–Kier alpha value is -1.93. The summed E-state index contributed by atoms with van der Waals surface area (Å²) in [4.78, 5) is 0. The number of hydrogen-bond acceptors (Lipinski definition) is 0. The summed E-state index contributed by atoms with van der Waals surface area (Å²) in [5, 5.41) is 0. The Morgan fingerprint density at radius 3 is 1.45 bits per heavy atom. The van der Waals surface area contributed by atoms with Crippen LogP contribution in [-0.4, -0.2) is 3.21 Å². The van der Waals surface area contributed by atoms with Gasteiger partial charge < -0.3 is 0 Å². The summed E-state index contributed by atoms with van der Waals surface area (Å²) in [5.74, 6) is 0. The number of benzene rings is 4. The van der Waals surface area contributed by atoms with Crippen LogP contribution in [0.4, 0.5) is 0 Å². The molecule has 0 saturated heterocycles. The number of halogens is 2. The van der Waals surface area contributed by atoms with Crippen LogP contribution in [0.25, 0.3) is 11.1 Å². The summed E-state index contributed by atoms with van der Waals surface area (Å²) < 4.78 is 4.71. The maximum absolute atomic E-state index is 3.81. The van der Waals surface area contributed by atoms with E-state index in [0.29, 0.717) is 7.25 Å². The minimum absolute atomic E-state index is 0.0946. The predicted molar refractivity (Wildman–Crippen MR) is 185 cm³/mol. The molecule has 212 valence electrons. The number of rotatable bonds is 4. The van der Waals surface area contributed by atoms with Crippen LogP contribution in [0.15, 0.2) is 118 Å². The molecule has 0 nitrogen and oxygen atoms in total. The van der Waals surface area contributed by atoms with Gasteiger partial charge in [-0.2, -0.15) is 0 Å². The fourth-order valence-corrected chi connectivity index (χ4v) is 16.6. The molecule has 0 unspecified atom stereocenters. The molecule has 42 heavy (non-hydrogen) atoms. The van der Waals surface area contributed by atoms with Gasteiger partial charge in [0.15, 0.2) is 0 Å². The van der Waals surface area contributed by atoms with Gasteiger partial charge in [-0.3, -0.25) is 0 Å². The molecule has 4 aromatic carbocycles. The van der Waals surface area contributed by atoms with Gasteiger partial charge in [0, 0.05) is 0 Å². The van der Waals surface area contributed by atoms with Gasteiger partial charge in [-0.05, 0) is 0 Å². The fourth-order valence-electron chi connectivity index (χ4n) is 6.45. The van der Waals surface area contributed by atoms with Crippen LogP contribution in [0.2, 0.25) is 3.63 Å². The van der Waals surface area contributed by atoms with E-state index in [0.717, 1.165) is 8.95 Å². The van der Waals surface area contributed by atoms with Crippen molar-refractivity contribution in [2.45, 2.75) is 59.6 Å². The fraction of sp³-hybridized carbons (Fsp3) is 0.256. The SMILES string of the molecule is CC(C)(C)c1ccc2c(c1)-c1cc(C(C)(C)C)ccc1[CH]2[Zr](=[C](c1cccc(Br)c1)c1cccc(Br)c1)[CH]1C=CC=C1. The molecule has 0 atom stereocenters. The topological polar surface area (TPSA) is 0 Å². The molecule has 0 bridgehead atoms. The molecule has 0 amide bonds.